The second-order valence-corrected chi connectivity index (χ2v) is 7.95. The number of anilines is 1. The lowest BCUT2D eigenvalue weighted by molar-refractivity contribution is 0.0957. The summed E-state index contributed by atoms with van der Waals surface area (Å²) in [4.78, 5) is 33.0. The van der Waals surface area contributed by atoms with E-state index in [1.165, 1.54) is 22.4 Å². The Kier molecular flexibility index (Phi) is 5.66. The molecule has 1 aliphatic rings. The Morgan fingerprint density at radius 3 is 2.90 bits per heavy atom. The van der Waals surface area contributed by atoms with E-state index < -0.39 is 6.09 Å². The van der Waals surface area contributed by atoms with E-state index in [0.29, 0.717) is 24.6 Å². The van der Waals surface area contributed by atoms with Gasteiger partial charge in [-0.25, -0.2) is 9.78 Å². The molecule has 0 saturated carbocycles. The van der Waals surface area contributed by atoms with Crippen LogP contribution in [-0.4, -0.2) is 58.2 Å². The van der Waals surface area contributed by atoms with E-state index in [0.717, 1.165) is 28.2 Å². The zero-order valence-electron chi connectivity index (χ0n) is 16.3. The minimum absolute atomic E-state index is 0.0473. The number of likely N-dealkylation sites (tertiary alicyclic amines) is 1. The molecule has 2 amide bonds. The average Bonchev–Trinajstić information content (AvgIpc) is 3.15. The van der Waals surface area contributed by atoms with Crippen LogP contribution in [0.1, 0.15) is 23.3 Å². The first-order valence-electron chi connectivity index (χ1n) is 9.53. The normalized spacial score (nSPS) is 16.3. The van der Waals surface area contributed by atoms with Gasteiger partial charge in [-0.15, -0.1) is 0 Å². The first-order valence-corrected chi connectivity index (χ1v) is 10.3. The summed E-state index contributed by atoms with van der Waals surface area (Å²) in [6.45, 7) is 1.03. The number of nitrogens with zero attached hydrogens (tertiary/aromatic N) is 3. The largest absolute Gasteiger partial charge is 0.465 e. The number of aromatic nitrogens is 2. The molecule has 156 valence electrons. The number of hydrogen-bond donors (Lipinski definition) is 3. The number of rotatable bonds is 5. The average molecular weight is 427 g/mol. The standard InChI is InChI=1S/C20H21N5O4S/c1-21-18(26)16-9-14(6-7-22-16)29-13-4-5-15-17(10-13)30-19(24-15)23-12-3-2-8-25(11-12)20(27)28/h4-7,9-10,12H,2-3,8,11H2,1H3,(H,21,26)(H,23,24)(H,27,28)/t12-/m0/s1. The van der Waals surface area contributed by atoms with E-state index in [1.807, 2.05) is 18.2 Å². The lowest BCUT2D eigenvalue weighted by Crippen LogP contribution is -2.44. The van der Waals surface area contributed by atoms with Gasteiger partial charge >= 0.3 is 6.09 Å². The Balaban J connectivity index is 1.47. The molecule has 1 aliphatic heterocycles. The van der Waals surface area contributed by atoms with Crippen molar-refractivity contribution in [1.29, 1.82) is 0 Å². The van der Waals surface area contributed by atoms with Crippen LogP contribution in [0.5, 0.6) is 11.5 Å². The number of carbonyl (C=O) groups excluding carboxylic acids is 1. The van der Waals surface area contributed by atoms with Crippen molar-refractivity contribution < 1.29 is 19.4 Å². The zero-order chi connectivity index (χ0) is 21.1. The summed E-state index contributed by atoms with van der Waals surface area (Å²) in [5.41, 5.74) is 1.12. The molecule has 0 unspecified atom stereocenters. The SMILES string of the molecule is CNC(=O)c1cc(Oc2ccc3nc(N[C@H]4CCCN(C(=O)O)C4)sc3c2)ccn1. The molecule has 3 N–H and O–H groups in total. The summed E-state index contributed by atoms with van der Waals surface area (Å²) in [7, 11) is 1.55. The maximum Gasteiger partial charge on any atom is 0.407 e. The van der Waals surface area contributed by atoms with Gasteiger partial charge < -0.3 is 25.4 Å². The van der Waals surface area contributed by atoms with Crippen molar-refractivity contribution in [2.75, 3.05) is 25.5 Å². The van der Waals surface area contributed by atoms with Gasteiger partial charge in [-0.3, -0.25) is 9.78 Å². The van der Waals surface area contributed by atoms with Crippen LogP contribution in [0.3, 0.4) is 0 Å². The van der Waals surface area contributed by atoms with Gasteiger partial charge in [-0.1, -0.05) is 11.3 Å². The third kappa shape index (κ3) is 4.43. The van der Waals surface area contributed by atoms with Crippen molar-refractivity contribution in [3.8, 4) is 11.5 Å². The van der Waals surface area contributed by atoms with Crippen molar-refractivity contribution in [2.24, 2.45) is 0 Å². The molecule has 9 nitrogen and oxygen atoms in total. The second-order valence-electron chi connectivity index (χ2n) is 6.92. The van der Waals surface area contributed by atoms with Crippen LogP contribution in [0.2, 0.25) is 0 Å². The Bertz CT molecular complexity index is 1090. The number of nitrogens with one attached hydrogen (secondary N) is 2. The third-order valence-corrected chi connectivity index (χ3v) is 5.76. The summed E-state index contributed by atoms with van der Waals surface area (Å²) >= 11 is 1.49. The van der Waals surface area contributed by atoms with Crippen LogP contribution in [0.25, 0.3) is 10.2 Å². The van der Waals surface area contributed by atoms with E-state index in [4.69, 9.17) is 4.74 Å². The third-order valence-electron chi connectivity index (χ3n) is 4.81. The van der Waals surface area contributed by atoms with Gasteiger partial charge in [0.15, 0.2) is 5.13 Å². The van der Waals surface area contributed by atoms with Crippen LogP contribution in [-0.2, 0) is 0 Å². The Morgan fingerprint density at radius 2 is 2.10 bits per heavy atom. The summed E-state index contributed by atoms with van der Waals surface area (Å²) in [5, 5.41) is 15.8. The monoisotopic (exact) mass is 427 g/mol. The highest BCUT2D eigenvalue weighted by Crippen LogP contribution is 2.32. The Hall–Kier alpha value is -3.40. The van der Waals surface area contributed by atoms with Crippen molar-refractivity contribution in [3.05, 3.63) is 42.2 Å². The van der Waals surface area contributed by atoms with Crippen molar-refractivity contribution >= 4 is 38.7 Å². The number of piperidine rings is 1. The molecule has 1 aromatic carbocycles. The molecule has 0 spiro atoms. The van der Waals surface area contributed by atoms with Crippen molar-refractivity contribution in [1.82, 2.24) is 20.2 Å². The molecule has 0 aliphatic carbocycles. The van der Waals surface area contributed by atoms with E-state index in [1.54, 1.807) is 19.2 Å². The van der Waals surface area contributed by atoms with Crippen molar-refractivity contribution in [3.63, 3.8) is 0 Å². The van der Waals surface area contributed by atoms with Gasteiger partial charge in [0.1, 0.15) is 17.2 Å². The first kappa shape index (κ1) is 19.9. The lowest BCUT2D eigenvalue weighted by Gasteiger charge is -2.30. The molecule has 0 bridgehead atoms. The molecule has 10 heteroatoms. The van der Waals surface area contributed by atoms with Gasteiger partial charge in [0.2, 0.25) is 0 Å². The molecule has 1 atom stereocenters. The molecule has 2 aromatic heterocycles. The number of thiazole rings is 1. The molecule has 3 aromatic rings. The first-order chi connectivity index (χ1) is 14.5. The minimum Gasteiger partial charge on any atom is -0.465 e. The quantitative estimate of drug-likeness (QED) is 0.571. The van der Waals surface area contributed by atoms with E-state index in [9.17, 15) is 14.7 Å². The molecule has 4 rings (SSSR count). The molecule has 1 fully saturated rings. The van der Waals surface area contributed by atoms with Crippen molar-refractivity contribution in [2.45, 2.75) is 18.9 Å². The molecule has 0 radical (unpaired) electrons. The summed E-state index contributed by atoms with van der Waals surface area (Å²) < 4.78 is 6.83. The number of carbonyl (C=O) groups is 2. The Morgan fingerprint density at radius 1 is 1.27 bits per heavy atom. The number of amides is 2. The minimum atomic E-state index is -0.886. The van der Waals surface area contributed by atoms with Gasteiger partial charge in [-0.2, -0.15) is 0 Å². The maximum absolute atomic E-state index is 11.7. The van der Waals surface area contributed by atoms with Gasteiger partial charge in [-0.05, 0) is 31.0 Å². The van der Waals surface area contributed by atoms with E-state index >= 15 is 0 Å². The number of hydrogen-bond acceptors (Lipinski definition) is 7. The highest BCUT2D eigenvalue weighted by molar-refractivity contribution is 7.22. The highest BCUT2D eigenvalue weighted by Gasteiger charge is 2.23. The predicted octanol–water partition coefficient (Wildman–Crippen LogP) is 3.40. The van der Waals surface area contributed by atoms with Crippen LogP contribution in [0.15, 0.2) is 36.5 Å². The van der Waals surface area contributed by atoms with E-state index in [-0.39, 0.29) is 17.6 Å². The van der Waals surface area contributed by atoms with Gasteiger partial charge in [0.05, 0.1) is 10.2 Å². The highest BCUT2D eigenvalue weighted by atomic mass is 32.1. The number of pyridine rings is 1. The molecular weight excluding hydrogens is 406 g/mol. The number of ether oxygens (including phenoxy) is 1. The van der Waals surface area contributed by atoms with Gasteiger partial charge in [0, 0.05) is 44.5 Å². The second kappa shape index (κ2) is 8.54. The maximum atomic E-state index is 11.7. The molecule has 30 heavy (non-hydrogen) atoms. The topological polar surface area (TPSA) is 117 Å². The lowest BCUT2D eigenvalue weighted by atomic mass is 10.1. The fourth-order valence-corrected chi connectivity index (χ4v) is 4.31. The number of carboxylic acid groups (broad SMARTS) is 1. The van der Waals surface area contributed by atoms with Gasteiger partial charge in [0.25, 0.3) is 5.91 Å². The fraction of sp³-hybridized carbons (Fsp3) is 0.300. The molecular formula is C20H21N5O4S. The molecule has 1 saturated heterocycles. The molecule has 3 heterocycles. The van der Waals surface area contributed by atoms with Crippen LogP contribution in [0, 0.1) is 0 Å². The summed E-state index contributed by atoms with van der Waals surface area (Å²) in [6.07, 6.45) is 2.38. The fourth-order valence-electron chi connectivity index (χ4n) is 3.34. The Labute approximate surface area is 176 Å². The zero-order valence-corrected chi connectivity index (χ0v) is 17.1. The summed E-state index contributed by atoms with van der Waals surface area (Å²) in [5.74, 6) is 0.863. The van der Waals surface area contributed by atoms with Crippen LogP contribution < -0.4 is 15.4 Å². The number of benzene rings is 1. The van der Waals surface area contributed by atoms with E-state index in [2.05, 4.69) is 20.6 Å². The summed E-state index contributed by atoms with van der Waals surface area (Å²) in [6, 6.07) is 8.90. The van der Waals surface area contributed by atoms with Crippen LogP contribution >= 0.6 is 11.3 Å². The predicted molar refractivity (Wildman–Crippen MR) is 114 cm³/mol. The van der Waals surface area contributed by atoms with Crippen LogP contribution in [0.4, 0.5) is 9.93 Å². The number of fused-ring (bicyclic) bond motifs is 1. The smallest absolute Gasteiger partial charge is 0.407 e.